The van der Waals surface area contributed by atoms with Gasteiger partial charge in [0.2, 0.25) is 0 Å². The normalized spacial score (nSPS) is 10.8. The predicted octanol–water partition coefficient (Wildman–Crippen LogP) is 2.92. The average molecular weight is 274 g/mol. The van der Waals surface area contributed by atoms with Crippen molar-refractivity contribution in [1.82, 2.24) is 5.43 Å². The van der Waals surface area contributed by atoms with Gasteiger partial charge in [0.05, 0.1) is 5.31 Å². The van der Waals surface area contributed by atoms with E-state index in [0.29, 0.717) is 0 Å². The van der Waals surface area contributed by atoms with Crippen LogP contribution in [0.4, 0.5) is 0 Å². The van der Waals surface area contributed by atoms with E-state index in [9.17, 15) is 0 Å². The molecule has 16 heavy (non-hydrogen) atoms. The number of nitrogens with two attached hydrogens (primary N) is 1. The first-order valence-corrected chi connectivity index (χ1v) is 6.74. The van der Waals surface area contributed by atoms with Crippen LogP contribution in [-0.4, -0.2) is 11.5 Å². The molecule has 1 rings (SSSR count). The van der Waals surface area contributed by atoms with Gasteiger partial charge in [-0.3, -0.25) is 5.14 Å². The minimum absolute atomic E-state index is 0.751. The molecule has 0 unspecified atom stereocenters. The quantitative estimate of drug-likeness (QED) is 0.292. The van der Waals surface area contributed by atoms with Crippen molar-refractivity contribution in [2.75, 3.05) is 5.75 Å². The summed E-state index contributed by atoms with van der Waals surface area (Å²) in [5, 5.41) is 12.6. The summed E-state index contributed by atoms with van der Waals surface area (Å²) in [5.41, 5.74) is 3.60. The number of rotatable bonds is 4. The highest BCUT2D eigenvalue weighted by Gasteiger charge is 1.96. The highest BCUT2D eigenvalue weighted by Crippen LogP contribution is 2.20. The Morgan fingerprint density at radius 2 is 2.19 bits per heavy atom. The largest absolute Gasteiger partial charge is 0.251 e. The van der Waals surface area contributed by atoms with Crippen molar-refractivity contribution in [3.63, 3.8) is 0 Å². The number of nitrogens with zero attached hydrogens (tertiary/aromatic N) is 1. The number of hydrogen-bond donors (Lipinski definition) is 2. The summed E-state index contributed by atoms with van der Waals surface area (Å²) in [5.74, 6) is 0.811. The third kappa shape index (κ3) is 5.39. The van der Waals surface area contributed by atoms with Crippen LogP contribution in [0.15, 0.2) is 34.3 Å². The third-order valence-corrected chi connectivity index (χ3v) is 3.24. The number of thioether (sulfide) groups is 1. The Bertz CT molecular complexity index is 420. The SMILES string of the molecule is C/C(CSc1ccc(Cl)cc1)=N\NC#SN. The molecular formula is C10H12ClN3S2. The highest BCUT2D eigenvalue weighted by atomic mass is 35.5. The predicted molar refractivity (Wildman–Crippen MR) is 74.1 cm³/mol. The van der Waals surface area contributed by atoms with E-state index in [2.05, 4.69) is 15.8 Å². The Morgan fingerprint density at radius 3 is 2.81 bits per heavy atom. The van der Waals surface area contributed by atoms with Gasteiger partial charge in [-0.15, -0.1) is 11.8 Å². The van der Waals surface area contributed by atoms with Gasteiger partial charge in [-0.2, -0.15) is 5.10 Å². The van der Waals surface area contributed by atoms with Gasteiger partial charge >= 0.3 is 0 Å². The number of benzene rings is 1. The van der Waals surface area contributed by atoms with Crippen molar-refractivity contribution in [2.24, 2.45) is 10.2 Å². The number of halogens is 1. The Kier molecular flexibility index (Phi) is 6.30. The van der Waals surface area contributed by atoms with Gasteiger partial charge in [-0.1, -0.05) is 11.6 Å². The first-order chi connectivity index (χ1) is 7.72. The topological polar surface area (TPSA) is 50.4 Å². The van der Waals surface area contributed by atoms with Gasteiger partial charge in [0, 0.05) is 21.4 Å². The maximum absolute atomic E-state index is 5.79. The molecule has 0 fully saturated rings. The monoisotopic (exact) mass is 273 g/mol. The second-order valence-electron chi connectivity index (χ2n) is 2.92. The summed E-state index contributed by atoms with van der Waals surface area (Å²) in [7, 11) is 0. The molecule has 0 saturated heterocycles. The van der Waals surface area contributed by atoms with E-state index in [1.165, 1.54) is 4.90 Å². The van der Waals surface area contributed by atoms with E-state index >= 15 is 0 Å². The van der Waals surface area contributed by atoms with Crippen molar-refractivity contribution < 1.29 is 0 Å². The van der Waals surface area contributed by atoms with Crippen molar-refractivity contribution in [1.29, 1.82) is 0 Å². The molecule has 0 heterocycles. The zero-order valence-electron chi connectivity index (χ0n) is 8.74. The van der Waals surface area contributed by atoms with Crippen LogP contribution in [-0.2, 0) is 0 Å². The molecule has 0 amide bonds. The van der Waals surface area contributed by atoms with Crippen molar-refractivity contribution in [3.05, 3.63) is 29.3 Å². The minimum Gasteiger partial charge on any atom is -0.251 e. The second-order valence-corrected chi connectivity index (χ2v) is 4.85. The summed E-state index contributed by atoms with van der Waals surface area (Å²) in [4.78, 5) is 1.17. The molecule has 86 valence electrons. The summed E-state index contributed by atoms with van der Waals surface area (Å²) < 4.78 is 0. The van der Waals surface area contributed by atoms with Gasteiger partial charge in [-0.25, -0.2) is 5.43 Å². The lowest BCUT2D eigenvalue weighted by atomic mass is 10.4. The highest BCUT2D eigenvalue weighted by molar-refractivity contribution is 8.00. The molecule has 1 aromatic carbocycles. The van der Waals surface area contributed by atoms with Crippen LogP contribution < -0.4 is 10.6 Å². The molecule has 0 atom stereocenters. The van der Waals surface area contributed by atoms with Crippen LogP contribution in [0.5, 0.6) is 0 Å². The van der Waals surface area contributed by atoms with E-state index in [1.54, 1.807) is 11.8 Å². The number of hydrogen-bond acceptors (Lipinski definition) is 4. The molecule has 0 saturated carbocycles. The third-order valence-electron chi connectivity index (χ3n) is 1.61. The summed E-state index contributed by atoms with van der Waals surface area (Å²) in [6.07, 6.45) is 0. The minimum atomic E-state index is 0.751. The van der Waals surface area contributed by atoms with Crippen LogP contribution >= 0.6 is 34.7 Å². The van der Waals surface area contributed by atoms with E-state index in [0.717, 1.165) is 27.8 Å². The average Bonchev–Trinajstić information content (AvgIpc) is 2.29. The maximum Gasteiger partial charge on any atom is 0.0568 e. The van der Waals surface area contributed by atoms with Gasteiger partial charge in [0.25, 0.3) is 0 Å². The molecule has 3 N–H and O–H groups in total. The Labute approximate surface area is 108 Å². The fourth-order valence-corrected chi connectivity index (χ4v) is 1.89. The lowest BCUT2D eigenvalue weighted by Crippen LogP contribution is -2.03. The first-order valence-electron chi connectivity index (χ1n) is 4.49. The lowest BCUT2D eigenvalue weighted by molar-refractivity contribution is 1.01. The van der Waals surface area contributed by atoms with E-state index in [1.807, 2.05) is 31.2 Å². The zero-order chi connectivity index (χ0) is 11.8. The molecular weight excluding hydrogens is 262 g/mol. The van der Waals surface area contributed by atoms with Crippen LogP contribution in [0.2, 0.25) is 5.02 Å². The van der Waals surface area contributed by atoms with Crippen LogP contribution in [0.1, 0.15) is 6.92 Å². The summed E-state index contributed by atoms with van der Waals surface area (Å²) in [6, 6.07) is 7.73. The van der Waals surface area contributed by atoms with E-state index < -0.39 is 0 Å². The Balaban J connectivity index is 2.41. The molecule has 0 spiro atoms. The molecule has 0 aromatic heterocycles. The van der Waals surface area contributed by atoms with Gasteiger partial charge < -0.3 is 0 Å². The number of nitrogens with one attached hydrogen (secondary N) is 1. The Morgan fingerprint density at radius 1 is 1.50 bits per heavy atom. The fourth-order valence-electron chi connectivity index (χ4n) is 0.895. The second kappa shape index (κ2) is 7.54. The standard InChI is InChI=1S/C10H12ClN3S2/c1-8(14-13-7-16-12)6-15-10-4-2-9(11)3-5-10/h2-5,13H,6,12H2,1H3/b14-8+. The zero-order valence-corrected chi connectivity index (χ0v) is 11.1. The molecule has 0 aliphatic carbocycles. The molecule has 0 aliphatic rings. The molecule has 3 nitrogen and oxygen atoms in total. The van der Waals surface area contributed by atoms with E-state index in [-0.39, 0.29) is 0 Å². The molecule has 0 aliphatic heterocycles. The smallest absolute Gasteiger partial charge is 0.0568 e. The van der Waals surface area contributed by atoms with Crippen molar-refractivity contribution in [2.45, 2.75) is 11.8 Å². The maximum atomic E-state index is 5.79. The van der Waals surface area contributed by atoms with Gasteiger partial charge in [0.15, 0.2) is 0 Å². The van der Waals surface area contributed by atoms with Crippen LogP contribution in [0.3, 0.4) is 0 Å². The molecule has 1 aromatic rings. The van der Waals surface area contributed by atoms with Crippen LogP contribution in [0.25, 0.3) is 0 Å². The Hall–Kier alpha value is -0.710. The molecule has 6 heteroatoms. The van der Waals surface area contributed by atoms with Crippen LogP contribution in [0, 0.1) is 5.31 Å². The summed E-state index contributed by atoms with van der Waals surface area (Å²) >= 11 is 8.46. The van der Waals surface area contributed by atoms with Gasteiger partial charge in [0.1, 0.15) is 0 Å². The molecule has 0 bridgehead atoms. The first kappa shape index (κ1) is 13.4. The van der Waals surface area contributed by atoms with Gasteiger partial charge in [-0.05, 0) is 42.5 Å². The summed E-state index contributed by atoms with van der Waals surface area (Å²) in [6.45, 7) is 1.94. The lowest BCUT2D eigenvalue weighted by Gasteiger charge is -2.01. The van der Waals surface area contributed by atoms with E-state index in [4.69, 9.17) is 16.7 Å². The van der Waals surface area contributed by atoms with Crippen molar-refractivity contribution >= 4 is 40.4 Å². The number of hydrazone groups is 1. The fraction of sp³-hybridized carbons (Fsp3) is 0.200. The molecule has 0 radical (unpaired) electrons. The van der Waals surface area contributed by atoms with Crippen molar-refractivity contribution in [3.8, 4) is 5.31 Å².